The molecule has 3 aromatic rings. The van der Waals surface area contributed by atoms with Gasteiger partial charge >= 0.3 is 6.01 Å². The summed E-state index contributed by atoms with van der Waals surface area (Å²) in [5.74, 6) is 2.93. The van der Waals surface area contributed by atoms with Crippen molar-refractivity contribution in [2.24, 2.45) is 0 Å². The largest absolute Gasteiger partial charge is 0.497 e. The second-order valence-electron chi connectivity index (χ2n) is 6.19. The van der Waals surface area contributed by atoms with Crippen molar-refractivity contribution >= 4 is 23.7 Å². The number of methoxy groups -OCH3 is 3. The first kappa shape index (κ1) is 21.5. The first-order chi connectivity index (χ1) is 14.6. The monoisotopic (exact) mass is 429 g/mol. The molecule has 9 heteroatoms. The van der Waals surface area contributed by atoms with Gasteiger partial charge in [-0.05, 0) is 48.6 Å². The van der Waals surface area contributed by atoms with Gasteiger partial charge in [0.05, 0.1) is 21.3 Å². The molecule has 1 aromatic heterocycles. The van der Waals surface area contributed by atoms with Gasteiger partial charge in [-0.1, -0.05) is 5.10 Å². The quantitative estimate of drug-likeness (QED) is 0.377. The van der Waals surface area contributed by atoms with Gasteiger partial charge in [-0.25, -0.2) is 0 Å². The number of rotatable bonds is 10. The van der Waals surface area contributed by atoms with Crippen LogP contribution in [0.1, 0.15) is 12.8 Å². The van der Waals surface area contributed by atoms with Crippen molar-refractivity contribution < 1.29 is 23.4 Å². The fourth-order valence-electron chi connectivity index (χ4n) is 2.60. The molecule has 0 aliphatic rings. The Balaban J connectivity index is 1.49. The van der Waals surface area contributed by atoms with E-state index in [1.807, 2.05) is 24.3 Å². The normalized spacial score (nSPS) is 10.5. The zero-order chi connectivity index (χ0) is 21.3. The molecule has 0 atom stereocenters. The van der Waals surface area contributed by atoms with Crippen LogP contribution >= 0.6 is 11.8 Å². The highest BCUT2D eigenvalue weighted by Crippen LogP contribution is 2.29. The van der Waals surface area contributed by atoms with Gasteiger partial charge in [0, 0.05) is 22.9 Å². The summed E-state index contributed by atoms with van der Waals surface area (Å²) in [6, 6.07) is 13.1. The van der Waals surface area contributed by atoms with Crippen molar-refractivity contribution in [2.75, 3.05) is 32.4 Å². The van der Waals surface area contributed by atoms with Crippen LogP contribution in [-0.4, -0.2) is 43.2 Å². The van der Waals surface area contributed by atoms with Crippen LogP contribution in [0.4, 0.5) is 6.01 Å². The Hall–Kier alpha value is -3.20. The summed E-state index contributed by atoms with van der Waals surface area (Å²) in [5, 5.41) is 10.5. The molecule has 0 saturated heterocycles. The summed E-state index contributed by atoms with van der Waals surface area (Å²) in [7, 11) is 4.76. The first-order valence-electron chi connectivity index (χ1n) is 9.25. The van der Waals surface area contributed by atoms with Gasteiger partial charge in [-0.2, -0.15) is 0 Å². The Morgan fingerprint density at radius 3 is 2.27 bits per heavy atom. The molecule has 0 radical (unpaired) electrons. The van der Waals surface area contributed by atoms with Crippen LogP contribution in [0.2, 0.25) is 0 Å². The van der Waals surface area contributed by atoms with E-state index in [4.69, 9.17) is 18.6 Å². The lowest BCUT2D eigenvalue weighted by Gasteiger charge is -2.05. The molecule has 0 bridgehead atoms. The van der Waals surface area contributed by atoms with Gasteiger partial charge in [-0.15, -0.1) is 16.9 Å². The lowest BCUT2D eigenvalue weighted by Crippen LogP contribution is -2.11. The van der Waals surface area contributed by atoms with E-state index in [0.717, 1.165) is 22.8 Å². The molecule has 1 amide bonds. The maximum atomic E-state index is 12.1. The van der Waals surface area contributed by atoms with Crippen LogP contribution in [0.3, 0.4) is 0 Å². The van der Waals surface area contributed by atoms with Crippen molar-refractivity contribution in [1.82, 2.24) is 10.2 Å². The van der Waals surface area contributed by atoms with Crippen molar-refractivity contribution in [3.8, 4) is 28.7 Å². The molecule has 0 fully saturated rings. The van der Waals surface area contributed by atoms with Gasteiger partial charge in [0.1, 0.15) is 17.2 Å². The zero-order valence-electron chi connectivity index (χ0n) is 17.0. The molecule has 0 spiro atoms. The number of nitrogens with one attached hydrogen (secondary N) is 1. The van der Waals surface area contributed by atoms with Crippen LogP contribution < -0.4 is 19.5 Å². The van der Waals surface area contributed by atoms with Crippen LogP contribution in [-0.2, 0) is 4.79 Å². The molecule has 30 heavy (non-hydrogen) atoms. The van der Waals surface area contributed by atoms with E-state index in [9.17, 15) is 4.79 Å². The summed E-state index contributed by atoms with van der Waals surface area (Å²) in [5.41, 5.74) is 0.634. The number of nitrogens with zero attached hydrogens (tertiary/aromatic N) is 2. The van der Waals surface area contributed by atoms with Crippen molar-refractivity contribution in [3.63, 3.8) is 0 Å². The molecule has 1 N–H and O–H groups in total. The van der Waals surface area contributed by atoms with Crippen molar-refractivity contribution in [3.05, 3.63) is 42.5 Å². The molecule has 1 heterocycles. The maximum absolute atomic E-state index is 12.1. The van der Waals surface area contributed by atoms with E-state index in [1.165, 1.54) is 0 Å². The fraction of sp³-hybridized carbons (Fsp3) is 0.286. The van der Waals surface area contributed by atoms with Crippen LogP contribution in [0.25, 0.3) is 11.5 Å². The Kier molecular flexibility index (Phi) is 7.56. The number of carbonyl (C=O) groups excluding carboxylic acids is 1. The number of ether oxygens (including phenoxy) is 3. The number of hydrogen-bond donors (Lipinski definition) is 1. The average Bonchev–Trinajstić information content (AvgIpc) is 3.25. The second-order valence-corrected chi connectivity index (χ2v) is 7.36. The van der Waals surface area contributed by atoms with Crippen molar-refractivity contribution in [2.45, 2.75) is 17.7 Å². The molecule has 0 aliphatic carbocycles. The minimum absolute atomic E-state index is 0.0552. The smallest absolute Gasteiger partial charge is 0.322 e. The lowest BCUT2D eigenvalue weighted by molar-refractivity contribution is -0.116. The molecule has 0 aliphatic heterocycles. The molecule has 0 saturated carbocycles. The molecule has 0 unspecified atom stereocenters. The van der Waals surface area contributed by atoms with Crippen LogP contribution in [0.15, 0.2) is 51.8 Å². The number of aromatic nitrogens is 2. The SMILES string of the molecule is COc1ccc(SCCCC(=O)Nc2nnc(-c3cc(OC)cc(OC)c3)o2)cc1. The predicted molar refractivity (Wildman–Crippen MR) is 114 cm³/mol. The highest BCUT2D eigenvalue weighted by Gasteiger charge is 2.13. The van der Waals surface area contributed by atoms with Crippen LogP contribution in [0, 0.1) is 0 Å². The zero-order valence-corrected chi connectivity index (χ0v) is 17.8. The van der Waals surface area contributed by atoms with E-state index < -0.39 is 0 Å². The number of hydrogen-bond acceptors (Lipinski definition) is 8. The summed E-state index contributed by atoms with van der Waals surface area (Å²) < 4.78 is 21.2. The number of carbonyl (C=O) groups is 1. The molecule has 2 aromatic carbocycles. The summed E-state index contributed by atoms with van der Waals surface area (Å²) in [6.45, 7) is 0. The minimum Gasteiger partial charge on any atom is -0.497 e. The third kappa shape index (κ3) is 5.90. The third-order valence-corrected chi connectivity index (χ3v) is 5.24. The highest BCUT2D eigenvalue weighted by atomic mass is 32.2. The maximum Gasteiger partial charge on any atom is 0.322 e. The average molecular weight is 429 g/mol. The van der Waals surface area contributed by atoms with Gasteiger partial charge < -0.3 is 18.6 Å². The number of amides is 1. The Labute approximate surface area is 178 Å². The molecule has 8 nitrogen and oxygen atoms in total. The standard InChI is InChI=1S/C21H23N3O5S/c1-26-15-6-8-18(9-7-15)30-10-4-5-19(25)22-21-24-23-20(29-21)14-11-16(27-2)13-17(12-14)28-3/h6-9,11-13H,4-5,10H2,1-3H3,(H,22,24,25). The number of anilines is 1. The molecular formula is C21H23N3O5S. The molecular weight excluding hydrogens is 406 g/mol. The topological polar surface area (TPSA) is 95.7 Å². The van der Waals surface area contributed by atoms with Gasteiger partial charge in [0.25, 0.3) is 0 Å². The van der Waals surface area contributed by atoms with E-state index in [1.54, 1.807) is 51.3 Å². The lowest BCUT2D eigenvalue weighted by atomic mass is 10.2. The Morgan fingerprint density at radius 1 is 0.967 bits per heavy atom. The molecule has 3 rings (SSSR count). The van der Waals surface area contributed by atoms with Gasteiger partial charge in [0.2, 0.25) is 11.8 Å². The Morgan fingerprint density at radius 2 is 1.63 bits per heavy atom. The van der Waals surface area contributed by atoms with Gasteiger partial charge in [-0.3, -0.25) is 10.1 Å². The fourth-order valence-corrected chi connectivity index (χ4v) is 3.45. The van der Waals surface area contributed by atoms with E-state index >= 15 is 0 Å². The van der Waals surface area contributed by atoms with E-state index in [-0.39, 0.29) is 17.8 Å². The predicted octanol–water partition coefficient (Wildman–Crippen LogP) is 4.27. The van der Waals surface area contributed by atoms with Gasteiger partial charge in [0.15, 0.2) is 0 Å². The Bertz CT molecular complexity index is 953. The second kappa shape index (κ2) is 10.5. The van der Waals surface area contributed by atoms with Crippen molar-refractivity contribution in [1.29, 1.82) is 0 Å². The molecule has 158 valence electrons. The highest BCUT2D eigenvalue weighted by molar-refractivity contribution is 7.99. The van der Waals surface area contributed by atoms with E-state index in [0.29, 0.717) is 23.5 Å². The minimum atomic E-state index is -0.177. The summed E-state index contributed by atoms with van der Waals surface area (Å²) in [6.07, 6.45) is 1.07. The summed E-state index contributed by atoms with van der Waals surface area (Å²) >= 11 is 1.69. The number of thioether (sulfide) groups is 1. The summed E-state index contributed by atoms with van der Waals surface area (Å²) in [4.78, 5) is 13.3. The number of benzene rings is 2. The van der Waals surface area contributed by atoms with E-state index in [2.05, 4.69) is 15.5 Å². The van der Waals surface area contributed by atoms with Crippen LogP contribution in [0.5, 0.6) is 17.2 Å². The third-order valence-electron chi connectivity index (χ3n) is 4.15. The first-order valence-corrected chi connectivity index (χ1v) is 10.2.